The van der Waals surface area contributed by atoms with Crippen LogP contribution in [0.25, 0.3) is 11.8 Å². The van der Waals surface area contributed by atoms with E-state index in [0.29, 0.717) is 29.5 Å². The predicted octanol–water partition coefficient (Wildman–Crippen LogP) is 6.34. The van der Waals surface area contributed by atoms with Crippen LogP contribution in [0.5, 0.6) is 0 Å². The molecule has 1 aromatic heterocycles. The highest BCUT2D eigenvalue weighted by atomic mass is 32.2. The Bertz CT molecular complexity index is 1780. The largest absolute Gasteiger partial charge is 0.338 e. The fourth-order valence-corrected chi connectivity index (χ4v) is 7.41. The van der Waals surface area contributed by atoms with Crippen molar-refractivity contribution in [3.8, 4) is 5.69 Å². The standard InChI is InChI=1S/C36H34FN5O3S/c37-29-10-12-30(13-11-29)42-33(31(21-38-42)35(44)41-19-16-28(23-41)26-4-2-1-3-5-26)27-14-17-40(18-15-27)22-25-8-6-24(7-9-25)20-32-34(43)39-36(45)46-32/h1-13,20-21,27-28H,14-19,22-23H2,(H,39,43,45)/b32-20+/t28-/m0/s1. The van der Waals surface area contributed by atoms with E-state index in [1.807, 2.05) is 39.9 Å². The Morgan fingerprint density at radius 1 is 0.913 bits per heavy atom. The highest BCUT2D eigenvalue weighted by Gasteiger charge is 2.34. The number of benzene rings is 3. The van der Waals surface area contributed by atoms with Crippen molar-refractivity contribution in [2.24, 2.45) is 0 Å². The first-order valence-corrected chi connectivity index (χ1v) is 16.5. The van der Waals surface area contributed by atoms with Crippen LogP contribution in [0.4, 0.5) is 9.18 Å². The van der Waals surface area contributed by atoms with E-state index in [2.05, 4.69) is 39.6 Å². The minimum atomic E-state index is -0.357. The van der Waals surface area contributed by atoms with Crippen LogP contribution in [-0.2, 0) is 11.3 Å². The minimum Gasteiger partial charge on any atom is -0.338 e. The molecule has 3 fully saturated rings. The molecule has 0 saturated carbocycles. The summed E-state index contributed by atoms with van der Waals surface area (Å²) < 4.78 is 15.6. The molecule has 7 rings (SSSR count). The van der Waals surface area contributed by atoms with Gasteiger partial charge in [0.25, 0.3) is 17.1 Å². The summed E-state index contributed by atoms with van der Waals surface area (Å²) in [6, 6.07) is 24.7. The maximum atomic E-state index is 14.0. The van der Waals surface area contributed by atoms with E-state index in [9.17, 15) is 18.8 Å². The topological polar surface area (TPSA) is 87.5 Å². The molecule has 46 heavy (non-hydrogen) atoms. The van der Waals surface area contributed by atoms with Crippen LogP contribution in [0.2, 0.25) is 0 Å². The van der Waals surface area contributed by atoms with Gasteiger partial charge in [0.05, 0.1) is 28.0 Å². The van der Waals surface area contributed by atoms with Crippen molar-refractivity contribution in [1.29, 1.82) is 0 Å². The number of hydrogen-bond donors (Lipinski definition) is 1. The van der Waals surface area contributed by atoms with Gasteiger partial charge >= 0.3 is 0 Å². The first-order chi connectivity index (χ1) is 22.4. The molecule has 3 aliphatic rings. The first kappa shape index (κ1) is 30.1. The summed E-state index contributed by atoms with van der Waals surface area (Å²) >= 11 is 0.916. The summed E-state index contributed by atoms with van der Waals surface area (Å²) in [5.74, 6) is -0.211. The van der Waals surface area contributed by atoms with Crippen LogP contribution in [0.3, 0.4) is 0 Å². The summed E-state index contributed by atoms with van der Waals surface area (Å²) in [7, 11) is 0. The van der Waals surface area contributed by atoms with Crippen molar-refractivity contribution >= 4 is 34.9 Å². The number of carbonyl (C=O) groups excluding carboxylic acids is 3. The van der Waals surface area contributed by atoms with Crippen molar-refractivity contribution in [1.82, 2.24) is 24.9 Å². The van der Waals surface area contributed by atoms with Gasteiger partial charge in [-0.25, -0.2) is 9.07 Å². The van der Waals surface area contributed by atoms with E-state index in [0.717, 1.165) is 73.2 Å². The van der Waals surface area contributed by atoms with E-state index in [4.69, 9.17) is 0 Å². The molecular formula is C36H34FN5O3S. The van der Waals surface area contributed by atoms with Gasteiger partial charge in [0.2, 0.25) is 0 Å². The second kappa shape index (κ2) is 13.1. The first-order valence-electron chi connectivity index (χ1n) is 15.7. The van der Waals surface area contributed by atoms with Gasteiger partial charge in [-0.05, 0) is 91.1 Å². The molecule has 0 spiro atoms. The smallest absolute Gasteiger partial charge is 0.290 e. The number of nitrogens with zero attached hydrogens (tertiary/aromatic N) is 4. The van der Waals surface area contributed by atoms with Crippen LogP contribution in [0, 0.1) is 5.82 Å². The molecule has 3 aromatic carbocycles. The molecule has 3 amide bonds. The van der Waals surface area contributed by atoms with Crippen molar-refractivity contribution < 1.29 is 18.8 Å². The van der Waals surface area contributed by atoms with E-state index >= 15 is 0 Å². The Morgan fingerprint density at radius 2 is 1.63 bits per heavy atom. The molecular weight excluding hydrogens is 601 g/mol. The molecule has 1 N–H and O–H groups in total. The summed E-state index contributed by atoms with van der Waals surface area (Å²) in [6.07, 6.45) is 6.09. The maximum Gasteiger partial charge on any atom is 0.290 e. The molecule has 0 bridgehead atoms. The number of halogens is 1. The number of amides is 3. The lowest BCUT2D eigenvalue weighted by Crippen LogP contribution is -2.34. The fraction of sp³-hybridized carbons (Fsp3) is 0.278. The number of nitrogens with one attached hydrogen (secondary N) is 1. The molecule has 1 atom stereocenters. The third-order valence-electron chi connectivity index (χ3n) is 9.15. The zero-order chi connectivity index (χ0) is 31.6. The summed E-state index contributed by atoms with van der Waals surface area (Å²) in [6.45, 7) is 3.89. The second-order valence-electron chi connectivity index (χ2n) is 12.1. The number of carbonyl (C=O) groups is 3. The molecule has 0 radical (unpaired) electrons. The van der Waals surface area contributed by atoms with E-state index in [1.54, 1.807) is 24.4 Å². The van der Waals surface area contributed by atoms with Crippen LogP contribution >= 0.6 is 11.8 Å². The van der Waals surface area contributed by atoms with E-state index in [1.165, 1.54) is 17.7 Å². The maximum absolute atomic E-state index is 14.0. The van der Waals surface area contributed by atoms with Gasteiger partial charge in [-0.15, -0.1) is 0 Å². The Balaban J connectivity index is 1.06. The monoisotopic (exact) mass is 635 g/mol. The molecule has 234 valence electrons. The second-order valence-corrected chi connectivity index (χ2v) is 13.1. The van der Waals surface area contributed by atoms with Crippen molar-refractivity contribution in [3.05, 3.63) is 124 Å². The summed E-state index contributed by atoms with van der Waals surface area (Å²) in [5.41, 5.74) is 5.58. The normalized spacial score (nSPS) is 20.1. The third kappa shape index (κ3) is 6.41. The lowest BCUT2D eigenvalue weighted by atomic mass is 9.90. The molecule has 3 saturated heterocycles. The highest BCUT2D eigenvalue weighted by molar-refractivity contribution is 8.18. The molecule has 3 aliphatic heterocycles. The van der Waals surface area contributed by atoms with Gasteiger partial charge < -0.3 is 4.90 Å². The van der Waals surface area contributed by atoms with Gasteiger partial charge in [0, 0.05) is 31.5 Å². The minimum absolute atomic E-state index is 0.0112. The predicted molar refractivity (Wildman–Crippen MR) is 176 cm³/mol. The van der Waals surface area contributed by atoms with Gasteiger partial charge in [0.15, 0.2) is 0 Å². The van der Waals surface area contributed by atoms with Crippen molar-refractivity contribution in [2.45, 2.75) is 37.6 Å². The lowest BCUT2D eigenvalue weighted by Gasteiger charge is -2.33. The zero-order valence-corrected chi connectivity index (χ0v) is 26.1. The van der Waals surface area contributed by atoms with Crippen LogP contribution in [0.1, 0.15) is 63.8 Å². The number of hydrogen-bond acceptors (Lipinski definition) is 6. The number of thioether (sulfide) groups is 1. The van der Waals surface area contributed by atoms with Crippen LogP contribution in [0.15, 0.2) is 90.0 Å². The van der Waals surface area contributed by atoms with Crippen LogP contribution in [-0.4, -0.2) is 62.8 Å². The Labute approximate surface area is 271 Å². The number of aromatic nitrogens is 2. The van der Waals surface area contributed by atoms with E-state index < -0.39 is 0 Å². The lowest BCUT2D eigenvalue weighted by molar-refractivity contribution is -0.115. The number of piperidine rings is 1. The van der Waals surface area contributed by atoms with E-state index in [-0.39, 0.29) is 28.8 Å². The van der Waals surface area contributed by atoms with Gasteiger partial charge in [-0.1, -0.05) is 54.6 Å². The number of likely N-dealkylation sites (tertiary alicyclic amines) is 2. The highest BCUT2D eigenvalue weighted by Crippen LogP contribution is 2.35. The van der Waals surface area contributed by atoms with Gasteiger partial charge in [0.1, 0.15) is 5.82 Å². The molecule has 0 aliphatic carbocycles. The average Bonchev–Trinajstić information content (AvgIpc) is 3.82. The Kier molecular flexibility index (Phi) is 8.55. The Morgan fingerprint density at radius 3 is 2.33 bits per heavy atom. The SMILES string of the molecule is O=C1NC(=O)/C(=C\c2ccc(CN3CCC(c4c(C(=O)N5CC[C@H](c6ccccc6)C5)cnn4-c4ccc(F)cc4)CC3)cc2)S1. The average molecular weight is 636 g/mol. The van der Waals surface area contributed by atoms with Gasteiger partial charge in [-0.3, -0.25) is 24.6 Å². The fourth-order valence-electron chi connectivity index (χ4n) is 6.73. The zero-order valence-electron chi connectivity index (χ0n) is 25.3. The molecule has 8 nitrogen and oxygen atoms in total. The molecule has 4 aromatic rings. The quantitative estimate of drug-likeness (QED) is 0.239. The number of imide groups is 1. The van der Waals surface area contributed by atoms with Gasteiger partial charge in [-0.2, -0.15) is 5.10 Å². The summed E-state index contributed by atoms with van der Waals surface area (Å²) in [5, 5.41) is 6.62. The number of rotatable bonds is 7. The Hall–Kier alpha value is -4.54. The molecule has 10 heteroatoms. The van der Waals surface area contributed by atoms with Crippen LogP contribution < -0.4 is 5.32 Å². The van der Waals surface area contributed by atoms with Crippen molar-refractivity contribution in [3.63, 3.8) is 0 Å². The third-order valence-corrected chi connectivity index (χ3v) is 9.97. The molecule has 0 unspecified atom stereocenters. The van der Waals surface area contributed by atoms with Crippen molar-refractivity contribution in [2.75, 3.05) is 26.2 Å². The molecule has 4 heterocycles. The summed E-state index contributed by atoms with van der Waals surface area (Å²) in [4.78, 5) is 42.1.